The van der Waals surface area contributed by atoms with Crippen LogP contribution in [0.4, 0.5) is 11.5 Å². The van der Waals surface area contributed by atoms with Crippen molar-refractivity contribution in [3.63, 3.8) is 0 Å². The van der Waals surface area contributed by atoms with Gasteiger partial charge in [-0.3, -0.25) is 4.68 Å². The van der Waals surface area contributed by atoms with Crippen molar-refractivity contribution < 1.29 is 0 Å². The fraction of sp³-hybridized carbons (Fsp3) is 0.438. The van der Waals surface area contributed by atoms with Crippen LogP contribution in [0.2, 0.25) is 0 Å². The van der Waals surface area contributed by atoms with E-state index in [-0.39, 0.29) is 6.04 Å². The van der Waals surface area contributed by atoms with Gasteiger partial charge in [-0.15, -0.1) is 0 Å². The third-order valence-corrected chi connectivity index (χ3v) is 3.58. The van der Waals surface area contributed by atoms with Crippen LogP contribution in [0.25, 0.3) is 0 Å². The normalized spacial score (nSPS) is 12.5. The zero-order valence-electron chi connectivity index (χ0n) is 13.0. The Bertz CT molecular complexity index is 581. The fourth-order valence-electron chi connectivity index (χ4n) is 2.56. The van der Waals surface area contributed by atoms with Crippen molar-refractivity contribution in [2.45, 2.75) is 33.2 Å². The first-order valence-corrected chi connectivity index (χ1v) is 6.98. The highest BCUT2D eigenvalue weighted by Crippen LogP contribution is 2.29. The summed E-state index contributed by atoms with van der Waals surface area (Å²) in [5.74, 6) is 1.11. The lowest BCUT2D eigenvalue weighted by molar-refractivity contribution is 0.731. The van der Waals surface area contributed by atoms with Gasteiger partial charge in [-0.2, -0.15) is 5.10 Å². The minimum atomic E-state index is 0.128. The minimum Gasteiger partial charge on any atom is -0.329 e. The van der Waals surface area contributed by atoms with Crippen molar-refractivity contribution in [2.24, 2.45) is 12.8 Å². The zero-order chi connectivity index (χ0) is 14.9. The van der Waals surface area contributed by atoms with E-state index >= 15 is 0 Å². The van der Waals surface area contributed by atoms with Gasteiger partial charge in [-0.1, -0.05) is 17.7 Å². The summed E-state index contributed by atoms with van der Waals surface area (Å²) in [5.41, 5.74) is 10.7. The number of nitrogens with zero attached hydrogens (tertiary/aromatic N) is 3. The Hall–Kier alpha value is -1.81. The molecule has 1 unspecified atom stereocenters. The molecule has 0 amide bonds. The van der Waals surface area contributed by atoms with Crippen molar-refractivity contribution in [1.82, 2.24) is 9.78 Å². The van der Waals surface area contributed by atoms with Crippen molar-refractivity contribution in [1.29, 1.82) is 0 Å². The van der Waals surface area contributed by atoms with E-state index in [9.17, 15) is 0 Å². The number of aryl methyl sites for hydroxylation is 3. The maximum absolute atomic E-state index is 5.97. The van der Waals surface area contributed by atoms with E-state index in [0.29, 0.717) is 0 Å². The summed E-state index contributed by atoms with van der Waals surface area (Å²) < 4.78 is 1.94. The number of anilines is 2. The SMILES string of the molecule is Cc1ccc(N(C)c2c(CC(C)N)c(C)nn2C)cc1. The predicted octanol–water partition coefficient (Wildman–Crippen LogP) is 2.69. The molecule has 108 valence electrons. The van der Waals surface area contributed by atoms with Gasteiger partial charge in [0.25, 0.3) is 0 Å². The molecule has 0 bridgehead atoms. The molecule has 20 heavy (non-hydrogen) atoms. The van der Waals surface area contributed by atoms with E-state index in [4.69, 9.17) is 5.73 Å². The number of hydrogen-bond donors (Lipinski definition) is 1. The average molecular weight is 272 g/mol. The first-order valence-electron chi connectivity index (χ1n) is 6.98. The molecule has 4 nitrogen and oxygen atoms in total. The monoisotopic (exact) mass is 272 g/mol. The third-order valence-electron chi connectivity index (χ3n) is 3.58. The molecule has 0 aliphatic heterocycles. The molecule has 0 radical (unpaired) electrons. The van der Waals surface area contributed by atoms with Crippen molar-refractivity contribution >= 4 is 11.5 Å². The van der Waals surface area contributed by atoms with E-state index in [1.807, 2.05) is 25.6 Å². The minimum absolute atomic E-state index is 0.128. The zero-order valence-corrected chi connectivity index (χ0v) is 13.0. The number of nitrogens with two attached hydrogens (primary N) is 1. The van der Waals surface area contributed by atoms with Crippen LogP contribution in [0.5, 0.6) is 0 Å². The second-order valence-electron chi connectivity index (χ2n) is 5.59. The van der Waals surface area contributed by atoms with Gasteiger partial charge < -0.3 is 10.6 Å². The lowest BCUT2D eigenvalue weighted by atomic mass is 10.1. The summed E-state index contributed by atoms with van der Waals surface area (Å²) in [6.07, 6.45) is 0.839. The van der Waals surface area contributed by atoms with Gasteiger partial charge in [-0.25, -0.2) is 0 Å². The van der Waals surface area contributed by atoms with E-state index in [2.05, 4.69) is 48.2 Å². The first kappa shape index (κ1) is 14.6. The second-order valence-corrected chi connectivity index (χ2v) is 5.59. The van der Waals surface area contributed by atoms with E-state index < -0.39 is 0 Å². The molecule has 0 saturated carbocycles. The van der Waals surface area contributed by atoms with Crippen LogP contribution in [-0.2, 0) is 13.5 Å². The molecule has 4 heteroatoms. The van der Waals surface area contributed by atoms with E-state index in [1.54, 1.807) is 0 Å². The van der Waals surface area contributed by atoms with Crippen LogP contribution in [0.1, 0.15) is 23.7 Å². The Morgan fingerprint density at radius 2 is 1.85 bits per heavy atom. The van der Waals surface area contributed by atoms with Crippen molar-refractivity contribution in [3.8, 4) is 0 Å². The number of hydrogen-bond acceptors (Lipinski definition) is 3. The third kappa shape index (κ3) is 2.85. The van der Waals surface area contributed by atoms with Crippen LogP contribution in [0.15, 0.2) is 24.3 Å². The van der Waals surface area contributed by atoms with E-state index in [0.717, 1.165) is 23.6 Å². The molecule has 2 aromatic rings. The second kappa shape index (κ2) is 5.67. The van der Waals surface area contributed by atoms with Gasteiger partial charge in [0.2, 0.25) is 0 Å². The molecule has 1 aromatic carbocycles. The molecule has 1 atom stereocenters. The molecule has 0 spiro atoms. The fourth-order valence-corrected chi connectivity index (χ4v) is 2.56. The Balaban J connectivity index is 2.43. The van der Waals surface area contributed by atoms with Crippen LogP contribution in [0.3, 0.4) is 0 Å². The van der Waals surface area contributed by atoms with Gasteiger partial charge in [0.1, 0.15) is 5.82 Å². The maximum Gasteiger partial charge on any atom is 0.134 e. The molecule has 1 aromatic heterocycles. The molecule has 0 aliphatic rings. The number of rotatable bonds is 4. The smallest absolute Gasteiger partial charge is 0.134 e. The largest absolute Gasteiger partial charge is 0.329 e. The molecule has 0 saturated heterocycles. The average Bonchev–Trinajstić information content (AvgIpc) is 2.64. The highest BCUT2D eigenvalue weighted by Gasteiger charge is 2.18. The standard InChI is InChI=1S/C16H24N4/c1-11-6-8-14(9-7-11)19(4)16-15(10-12(2)17)13(3)18-20(16)5/h6-9,12H,10,17H2,1-5H3. The van der Waals surface area contributed by atoms with Crippen LogP contribution in [0, 0.1) is 13.8 Å². The molecular formula is C16H24N4. The van der Waals surface area contributed by atoms with Crippen LogP contribution in [-0.4, -0.2) is 22.9 Å². The Labute approximate surface area is 121 Å². The maximum atomic E-state index is 5.97. The van der Waals surface area contributed by atoms with Crippen molar-refractivity contribution in [2.75, 3.05) is 11.9 Å². The molecule has 2 rings (SSSR count). The van der Waals surface area contributed by atoms with Gasteiger partial charge in [0.15, 0.2) is 0 Å². The Kier molecular flexibility index (Phi) is 4.14. The Morgan fingerprint density at radius 3 is 2.40 bits per heavy atom. The summed E-state index contributed by atoms with van der Waals surface area (Å²) >= 11 is 0. The van der Waals surface area contributed by atoms with Gasteiger partial charge in [0.05, 0.1) is 5.69 Å². The first-order chi connectivity index (χ1) is 9.40. The number of benzene rings is 1. The summed E-state index contributed by atoms with van der Waals surface area (Å²) in [4.78, 5) is 2.18. The van der Waals surface area contributed by atoms with Gasteiger partial charge in [0, 0.05) is 31.4 Å². The lowest BCUT2D eigenvalue weighted by Crippen LogP contribution is -2.21. The molecule has 0 aliphatic carbocycles. The van der Waals surface area contributed by atoms with Gasteiger partial charge in [-0.05, 0) is 39.3 Å². The molecular weight excluding hydrogens is 248 g/mol. The predicted molar refractivity (Wildman–Crippen MR) is 84.5 cm³/mol. The summed E-state index contributed by atoms with van der Waals surface area (Å²) in [5, 5.41) is 4.55. The summed E-state index contributed by atoms with van der Waals surface area (Å²) in [6.45, 7) is 6.17. The van der Waals surface area contributed by atoms with Gasteiger partial charge >= 0.3 is 0 Å². The molecule has 0 fully saturated rings. The highest BCUT2D eigenvalue weighted by molar-refractivity contribution is 5.63. The molecule has 1 heterocycles. The summed E-state index contributed by atoms with van der Waals surface area (Å²) in [6, 6.07) is 8.64. The topological polar surface area (TPSA) is 47.1 Å². The van der Waals surface area contributed by atoms with Crippen molar-refractivity contribution in [3.05, 3.63) is 41.1 Å². The van der Waals surface area contributed by atoms with Crippen LogP contribution >= 0.6 is 0 Å². The Morgan fingerprint density at radius 1 is 1.25 bits per heavy atom. The van der Waals surface area contributed by atoms with E-state index in [1.165, 1.54) is 11.1 Å². The van der Waals surface area contributed by atoms with Crippen LogP contribution < -0.4 is 10.6 Å². The highest BCUT2D eigenvalue weighted by atomic mass is 15.4. The molecule has 2 N–H and O–H groups in total. The quantitative estimate of drug-likeness (QED) is 0.931. The number of aromatic nitrogens is 2. The summed E-state index contributed by atoms with van der Waals surface area (Å²) in [7, 11) is 4.06. The lowest BCUT2D eigenvalue weighted by Gasteiger charge is -2.22.